The monoisotopic (exact) mass is 473 g/mol. The number of ether oxygens (including phenoxy) is 1. The summed E-state index contributed by atoms with van der Waals surface area (Å²) in [6.45, 7) is 0. The first-order valence-electron chi connectivity index (χ1n) is 9.73. The van der Waals surface area contributed by atoms with E-state index in [4.69, 9.17) is 9.72 Å². The minimum absolute atomic E-state index is 0.147. The second-order valence-corrected chi connectivity index (χ2v) is 7.81. The molecule has 0 spiro atoms. The average Bonchev–Trinajstić information content (AvgIpc) is 2.81. The molecule has 0 radical (unpaired) electrons. The Morgan fingerprint density at radius 1 is 0.935 bits per heavy atom. The summed E-state index contributed by atoms with van der Waals surface area (Å²) < 4.78 is 6.21. The fourth-order valence-corrected chi connectivity index (χ4v) is 3.41. The molecule has 31 heavy (non-hydrogen) atoms. The summed E-state index contributed by atoms with van der Waals surface area (Å²) in [5.41, 5.74) is 4.05. The van der Waals surface area contributed by atoms with Crippen LogP contribution in [0.15, 0.2) is 89.5 Å². The van der Waals surface area contributed by atoms with Gasteiger partial charge in [0.2, 0.25) is 5.91 Å². The van der Waals surface area contributed by atoms with Crippen LogP contribution in [0.4, 0.5) is 5.82 Å². The minimum atomic E-state index is -0.147. The molecule has 0 bridgehead atoms. The Balaban J connectivity index is 1.64. The van der Waals surface area contributed by atoms with Crippen LogP contribution >= 0.6 is 15.9 Å². The molecule has 3 aromatic carbocycles. The van der Waals surface area contributed by atoms with Crippen molar-refractivity contribution in [3.05, 3.63) is 95.1 Å². The maximum atomic E-state index is 12.7. The molecule has 1 aromatic heterocycles. The molecule has 0 atom stereocenters. The summed E-state index contributed by atoms with van der Waals surface area (Å²) in [5, 5.41) is 2.92. The maximum Gasteiger partial charge on any atom is 0.230 e. The number of rotatable bonds is 6. The molecule has 6 heteroatoms. The van der Waals surface area contributed by atoms with E-state index in [0.29, 0.717) is 17.2 Å². The number of carbonyl (C=O) groups is 1. The third-order valence-corrected chi connectivity index (χ3v) is 5.27. The Kier molecular flexibility index (Phi) is 6.38. The third kappa shape index (κ3) is 5.16. The van der Waals surface area contributed by atoms with Gasteiger partial charge in [0.15, 0.2) is 5.82 Å². The van der Waals surface area contributed by atoms with Crippen molar-refractivity contribution >= 4 is 27.7 Å². The zero-order valence-corrected chi connectivity index (χ0v) is 18.5. The standard InChI is InChI=1S/C25H20BrN3O2/c1-31-21-13-9-18(10-14-21)22-16-27-25(24(28-22)19-5-3-2-4-6-19)29-23(30)15-17-7-11-20(26)12-8-17/h2-14,16H,15H2,1H3,(H,27,29,30). The second-order valence-electron chi connectivity index (χ2n) is 6.90. The van der Waals surface area contributed by atoms with E-state index in [9.17, 15) is 4.79 Å². The molecule has 0 saturated heterocycles. The number of methoxy groups -OCH3 is 1. The molecule has 0 unspecified atom stereocenters. The number of anilines is 1. The Labute approximate surface area is 189 Å². The number of hydrogen-bond donors (Lipinski definition) is 1. The molecule has 0 aliphatic carbocycles. The molecule has 0 saturated carbocycles. The summed E-state index contributed by atoms with van der Waals surface area (Å²) in [6, 6.07) is 25.0. The highest BCUT2D eigenvalue weighted by atomic mass is 79.9. The van der Waals surface area contributed by atoms with E-state index < -0.39 is 0 Å². The molecule has 1 heterocycles. The number of halogens is 1. The number of aromatic nitrogens is 2. The van der Waals surface area contributed by atoms with Gasteiger partial charge in [-0.25, -0.2) is 9.97 Å². The number of carbonyl (C=O) groups excluding carboxylic acids is 1. The van der Waals surface area contributed by atoms with Crippen molar-refractivity contribution in [1.29, 1.82) is 0 Å². The van der Waals surface area contributed by atoms with Crippen LogP contribution < -0.4 is 10.1 Å². The van der Waals surface area contributed by atoms with Gasteiger partial charge in [-0.2, -0.15) is 0 Å². The van der Waals surface area contributed by atoms with Crippen molar-refractivity contribution in [3.8, 4) is 28.3 Å². The fraction of sp³-hybridized carbons (Fsp3) is 0.0800. The lowest BCUT2D eigenvalue weighted by Gasteiger charge is -2.12. The minimum Gasteiger partial charge on any atom is -0.497 e. The Morgan fingerprint density at radius 3 is 2.32 bits per heavy atom. The van der Waals surface area contributed by atoms with E-state index in [1.165, 1.54) is 0 Å². The molecular weight excluding hydrogens is 454 g/mol. The van der Waals surface area contributed by atoms with Gasteiger partial charge in [0.05, 0.1) is 25.4 Å². The van der Waals surface area contributed by atoms with Gasteiger partial charge in [-0.15, -0.1) is 0 Å². The number of hydrogen-bond acceptors (Lipinski definition) is 4. The van der Waals surface area contributed by atoms with Crippen molar-refractivity contribution in [3.63, 3.8) is 0 Å². The molecule has 1 N–H and O–H groups in total. The van der Waals surface area contributed by atoms with Crippen molar-refractivity contribution in [2.45, 2.75) is 6.42 Å². The van der Waals surface area contributed by atoms with Crippen LogP contribution in [0.2, 0.25) is 0 Å². The smallest absolute Gasteiger partial charge is 0.230 e. The zero-order chi connectivity index (χ0) is 21.6. The molecule has 4 rings (SSSR count). The largest absolute Gasteiger partial charge is 0.497 e. The fourth-order valence-electron chi connectivity index (χ4n) is 3.14. The molecule has 154 valence electrons. The molecule has 0 aliphatic rings. The van der Waals surface area contributed by atoms with E-state index in [1.807, 2.05) is 78.9 Å². The van der Waals surface area contributed by atoms with Crippen molar-refractivity contribution < 1.29 is 9.53 Å². The average molecular weight is 474 g/mol. The summed E-state index contributed by atoms with van der Waals surface area (Å²) in [4.78, 5) is 22.0. The van der Waals surface area contributed by atoms with E-state index in [2.05, 4.69) is 26.2 Å². The first kappa shape index (κ1) is 20.8. The number of benzene rings is 3. The lowest BCUT2D eigenvalue weighted by Crippen LogP contribution is -2.16. The SMILES string of the molecule is COc1ccc(-c2cnc(NC(=O)Cc3ccc(Br)cc3)c(-c3ccccc3)n2)cc1. The van der Waals surface area contributed by atoms with Crippen LogP contribution in [0.5, 0.6) is 5.75 Å². The van der Waals surface area contributed by atoms with Crippen LogP contribution in [0.1, 0.15) is 5.56 Å². The van der Waals surface area contributed by atoms with Gasteiger partial charge in [-0.05, 0) is 42.0 Å². The first-order chi connectivity index (χ1) is 15.1. The highest BCUT2D eigenvalue weighted by Gasteiger charge is 2.14. The molecule has 0 fully saturated rings. The Hall–Kier alpha value is -3.51. The Bertz CT molecular complexity index is 1180. The van der Waals surface area contributed by atoms with Gasteiger partial charge in [-0.3, -0.25) is 4.79 Å². The molecule has 4 aromatic rings. The van der Waals surface area contributed by atoms with Gasteiger partial charge in [0, 0.05) is 15.6 Å². The summed E-state index contributed by atoms with van der Waals surface area (Å²) >= 11 is 3.41. The van der Waals surface area contributed by atoms with E-state index >= 15 is 0 Å². The van der Waals surface area contributed by atoms with Gasteiger partial charge >= 0.3 is 0 Å². The van der Waals surface area contributed by atoms with E-state index in [-0.39, 0.29) is 12.3 Å². The third-order valence-electron chi connectivity index (χ3n) is 4.74. The van der Waals surface area contributed by atoms with Crippen molar-refractivity contribution in [2.24, 2.45) is 0 Å². The number of nitrogens with one attached hydrogen (secondary N) is 1. The lowest BCUT2D eigenvalue weighted by atomic mass is 10.1. The van der Waals surface area contributed by atoms with Crippen molar-refractivity contribution in [1.82, 2.24) is 9.97 Å². The van der Waals surface area contributed by atoms with Gasteiger partial charge in [0.25, 0.3) is 0 Å². The van der Waals surface area contributed by atoms with Gasteiger partial charge in [0.1, 0.15) is 11.4 Å². The molecule has 0 aliphatic heterocycles. The number of nitrogens with zero attached hydrogens (tertiary/aromatic N) is 2. The summed E-state index contributed by atoms with van der Waals surface area (Å²) in [5.74, 6) is 1.06. The van der Waals surface area contributed by atoms with Crippen LogP contribution in [0.25, 0.3) is 22.5 Å². The van der Waals surface area contributed by atoms with Crippen LogP contribution in [-0.2, 0) is 11.2 Å². The Morgan fingerprint density at radius 2 is 1.65 bits per heavy atom. The quantitative estimate of drug-likeness (QED) is 0.386. The molecule has 1 amide bonds. The second kappa shape index (κ2) is 9.53. The van der Waals surface area contributed by atoms with Crippen LogP contribution in [0, 0.1) is 0 Å². The van der Waals surface area contributed by atoms with Gasteiger partial charge < -0.3 is 10.1 Å². The topological polar surface area (TPSA) is 64.1 Å². The van der Waals surface area contributed by atoms with E-state index in [0.717, 1.165) is 26.9 Å². The van der Waals surface area contributed by atoms with Crippen LogP contribution in [0.3, 0.4) is 0 Å². The predicted octanol–water partition coefficient (Wildman–Crippen LogP) is 5.76. The maximum absolute atomic E-state index is 12.7. The zero-order valence-electron chi connectivity index (χ0n) is 16.9. The van der Waals surface area contributed by atoms with Crippen molar-refractivity contribution in [2.75, 3.05) is 12.4 Å². The lowest BCUT2D eigenvalue weighted by molar-refractivity contribution is -0.115. The summed E-state index contributed by atoms with van der Waals surface area (Å²) in [6.07, 6.45) is 1.92. The first-order valence-corrected chi connectivity index (χ1v) is 10.5. The normalized spacial score (nSPS) is 10.5. The summed E-state index contributed by atoms with van der Waals surface area (Å²) in [7, 11) is 1.63. The predicted molar refractivity (Wildman–Crippen MR) is 126 cm³/mol. The van der Waals surface area contributed by atoms with E-state index in [1.54, 1.807) is 13.3 Å². The highest BCUT2D eigenvalue weighted by molar-refractivity contribution is 9.10. The molecular formula is C25H20BrN3O2. The van der Waals surface area contributed by atoms with Gasteiger partial charge in [-0.1, -0.05) is 58.4 Å². The molecule has 5 nitrogen and oxygen atoms in total. The van der Waals surface area contributed by atoms with Crippen LogP contribution in [-0.4, -0.2) is 23.0 Å². The number of amides is 1. The highest BCUT2D eigenvalue weighted by Crippen LogP contribution is 2.28.